The number of amides is 1. The molecule has 0 unspecified atom stereocenters. The van der Waals surface area contributed by atoms with Crippen molar-refractivity contribution in [1.82, 2.24) is 15.6 Å². The van der Waals surface area contributed by atoms with Gasteiger partial charge in [0.2, 0.25) is 5.91 Å². The summed E-state index contributed by atoms with van der Waals surface area (Å²) in [5.41, 5.74) is 6.23. The summed E-state index contributed by atoms with van der Waals surface area (Å²) in [6.07, 6.45) is 2.50. The summed E-state index contributed by atoms with van der Waals surface area (Å²) in [6, 6.07) is 5.45. The molecular formula is C17H22N4O3. The van der Waals surface area contributed by atoms with Crippen molar-refractivity contribution in [3.63, 3.8) is 0 Å². The summed E-state index contributed by atoms with van der Waals surface area (Å²) >= 11 is 0. The fourth-order valence-electron chi connectivity index (χ4n) is 2.42. The summed E-state index contributed by atoms with van der Waals surface area (Å²) in [5.74, 6) is 1.02. The van der Waals surface area contributed by atoms with E-state index >= 15 is 0 Å². The lowest BCUT2D eigenvalue weighted by Gasteiger charge is -2.09. The number of hydrogen-bond donors (Lipinski definition) is 2. The molecule has 1 aromatic carbocycles. The molecule has 2 aromatic rings. The van der Waals surface area contributed by atoms with Gasteiger partial charge in [0.25, 0.3) is 0 Å². The Labute approximate surface area is 141 Å². The third-order valence-electron chi connectivity index (χ3n) is 3.71. The number of hydrazone groups is 1. The van der Waals surface area contributed by atoms with Crippen LogP contribution in [-0.4, -0.2) is 36.5 Å². The lowest BCUT2D eigenvalue weighted by Crippen LogP contribution is -2.18. The van der Waals surface area contributed by atoms with Crippen LogP contribution in [0.25, 0.3) is 0 Å². The predicted octanol–water partition coefficient (Wildman–Crippen LogP) is 2.13. The molecule has 0 aliphatic carbocycles. The lowest BCUT2D eigenvalue weighted by atomic mass is 10.1. The quantitative estimate of drug-likeness (QED) is 0.601. The number of aromatic nitrogens is 2. The van der Waals surface area contributed by atoms with Gasteiger partial charge in [0.05, 0.1) is 26.1 Å². The van der Waals surface area contributed by atoms with E-state index in [1.807, 2.05) is 26.0 Å². The molecule has 0 aliphatic rings. The van der Waals surface area contributed by atoms with E-state index in [0.29, 0.717) is 24.3 Å². The van der Waals surface area contributed by atoms with E-state index in [4.69, 9.17) is 9.47 Å². The van der Waals surface area contributed by atoms with Crippen molar-refractivity contribution in [2.45, 2.75) is 26.7 Å². The van der Waals surface area contributed by atoms with Crippen LogP contribution < -0.4 is 14.9 Å². The maximum atomic E-state index is 11.9. The molecule has 7 nitrogen and oxygen atoms in total. The molecule has 1 amide bonds. The van der Waals surface area contributed by atoms with Gasteiger partial charge < -0.3 is 9.47 Å². The Balaban J connectivity index is 1.93. The molecule has 128 valence electrons. The van der Waals surface area contributed by atoms with Gasteiger partial charge in [-0.1, -0.05) is 6.07 Å². The first-order valence-corrected chi connectivity index (χ1v) is 7.60. The van der Waals surface area contributed by atoms with Crippen molar-refractivity contribution >= 4 is 12.1 Å². The third-order valence-corrected chi connectivity index (χ3v) is 3.71. The fraction of sp³-hybridized carbons (Fsp3) is 0.353. The molecule has 24 heavy (non-hydrogen) atoms. The largest absolute Gasteiger partial charge is 0.493 e. The van der Waals surface area contributed by atoms with Crippen molar-refractivity contribution < 1.29 is 14.3 Å². The Bertz CT molecular complexity index is 718. The molecule has 0 aliphatic heterocycles. The summed E-state index contributed by atoms with van der Waals surface area (Å²) in [7, 11) is 3.13. The Morgan fingerprint density at radius 3 is 2.75 bits per heavy atom. The third kappa shape index (κ3) is 4.13. The Morgan fingerprint density at radius 2 is 2.12 bits per heavy atom. The number of ether oxygens (including phenoxy) is 2. The molecule has 0 fully saturated rings. The average Bonchev–Trinajstić information content (AvgIpc) is 2.90. The number of aromatic amines is 1. The first-order chi connectivity index (χ1) is 11.6. The van der Waals surface area contributed by atoms with E-state index in [0.717, 1.165) is 22.5 Å². The van der Waals surface area contributed by atoms with Gasteiger partial charge in [-0.15, -0.1) is 0 Å². The summed E-state index contributed by atoms with van der Waals surface area (Å²) in [4.78, 5) is 11.9. The fourth-order valence-corrected chi connectivity index (χ4v) is 2.42. The highest BCUT2D eigenvalue weighted by molar-refractivity contribution is 5.86. The summed E-state index contributed by atoms with van der Waals surface area (Å²) in [5, 5.41) is 11.0. The highest BCUT2D eigenvalue weighted by Crippen LogP contribution is 2.29. The number of benzene rings is 1. The van der Waals surface area contributed by atoms with E-state index in [-0.39, 0.29) is 5.91 Å². The highest BCUT2D eigenvalue weighted by atomic mass is 16.5. The van der Waals surface area contributed by atoms with Gasteiger partial charge in [0, 0.05) is 17.7 Å². The maximum absolute atomic E-state index is 11.9. The van der Waals surface area contributed by atoms with Crippen molar-refractivity contribution in [1.29, 1.82) is 0 Å². The smallest absolute Gasteiger partial charge is 0.240 e. The Morgan fingerprint density at radius 1 is 1.33 bits per heavy atom. The number of methoxy groups -OCH3 is 2. The first kappa shape index (κ1) is 17.5. The van der Waals surface area contributed by atoms with Crippen LogP contribution >= 0.6 is 0 Å². The number of para-hydroxylation sites is 1. The van der Waals surface area contributed by atoms with Crippen LogP contribution in [0.3, 0.4) is 0 Å². The summed E-state index contributed by atoms with van der Waals surface area (Å²) in [6.45, 7) is 3.87. The molecular weight excluding hydrogens is 308 g/mol. The van der Waals surface area contributed by atoms with Gasteiger partial charge in [-0.25, -0.2) is 5.43 Å². The molecule has 0 spiro atoms. The molecule has 2 rings (SSSR count). The number of carbonyl (C=O) groups excluding carboxylic acids is 1. The second kappa shape index (κ2) is 8.14. The monoisotopic (exact) mass is 330 g/mol. The molecule has 0 radical (unpaired) electrons. The standard InChI is InChI=1S/C17H22N4O3/c1-11-14(12(2)20-19-11)8-9-16(22)21-18-10-13-6-5-7-15(23-3)17(13)24-4/h5-7,10H,8-9H2,1-4H3,(H,19,20)(H,21,22). The predicted molar refractivity (Wildman–Crippen MR) is 91.7 cm³/mol. The van der Waals surface area contributed by atoms with E-state index in [1.165, 1.54) is 6.21 Å². The molecule has 1 aromatic heterocycles. The molecule has 0 bridgehead atoms. The molecule has 0 atom stereocenters. The Kier molecular flexibility index (Phi) is 5.95. The topological polar surface area (TPSA) is 88.6 Å². The average molecular weight is 330 g/mol. The summed E-state index contributed by atoms with van der Waals surface area (Å²) < 4.78 is 10.5. The van der Waals surface area contributed by atoms with Crippen LogP contribution in [0, 0.1) is 13.8 Å². The number of aryl methyl sites for hydroxylation is 2. The number of nitrogens with zero attached hydrogens (tertiary/aromatic N) is 2. The molecule has 7 heteroatoms. The van der Waals surface area contributed by atoms with Gasteiger partial charge in [-0.2, -0.15) is 10.2 Å². The number of hydrogen-bond acceptors (Lipinski definition) is 5. The zero-order valence-corrected chi connectivity index (χ0v) is 14.3. The molecule has 1 heterocycles. The number of carbonyl (C=O) groups is 1. The minimum atomic E-state index is -0.159. The minimum absolute atomic E-state index is 0.159. The van der Waals surface area contributed by atoms with Crippen molar-refractivity contribution in [3.05, 3.63) is 40.7 Å². The second-order valence-corrected chi connectivity index (χ2v) is 5.29. The highest BCUT2D eigenvalue weighted by Gasteiger charge is 2.09. The maximum Gasteiger partial charge on any atom is 0.240 e. The van der Waals surface area contributed by atoms with E-state index in [1.54, 1.807) is 20.3 Å². The van der Waals surface area contributed by atoms with Crippen LogP contribution in [-0.2, 0) is 11.2 Å². The first-order valence-electron chi connectivity index (χ1n) is 7.60. The minimum Gasteiger partial charge on any atom is -0.493 e. The van der Waals surface area contributed by atoms with Crippen LogP contribution in [0.15, 0.2) is 23.3 Å². The van der Waals surface area contributed by atoms with Gasteiger partial charge in [-0.05, 0) is 38.0 Å². The van der Waals surface area contributed by atoms with Crippen molar-refractivity contribution in [3.8, 4) is 11.5 Å². The van der Waals surface area contributed by atoms with Crippen LogP contribution in [0.5, 0.6) is 11.5 Å². The molecule has 0 saturated heterocycles. The van der Waals surface area contributed by atoms with Crippen molar-refractivity contribution in [2.24, 2.45) is 5.10 Å². The Hall–Kier alpha value is -2.83. The normalized spacial score (nSPS) is 10.8. The van der Waals surface area contributed by atoms with Crippen LogP contribution in [0.2, 0.25) is 0 Å². The SMILES string of the molecule is COc1cccc(C=NNC(=O)CCc2c(C)n[nH]c2C)c1OC. The molecule has 0 saturated carbocycles. The van der Waals surface area contributed by atoms with E-state index < -0.39 is 0 Å². The zero-order valence-electron chi connectivity index (χ0n) is 14.3. The zero-order chi connectivity index (χ0) is 17.5. The van der Waals surface area contributed by atoms with Gasteiger partial charge >= 0.3 is 0 Å². The van der Waals surface area contributed by atoms with Gasteiger partial charge in [-0.3, -0.25) is 9.89 Å². The number of nitrogens with one attached hydrogen (secondary N) is 2. The van der Waals surface area contributed by atoms with E-state index in [2.05, 4.69) is 20.7 Å². The van der Waals surface area contributed by atoms with Crippen LogP contribution in [0.4, 0.5) is 0 Å². The van der Waals surface area contributed by atoms with Crippen molar-refractivity contribution in [2.75, 3.05) is 14.2 Å². The number of H-pyrrole nitrogens is 1. The van der Waals surface area contributed by atoms with Gasteiger partial charge in [0.15, 0.2) is 11.5 Å². The molecule has 2 N–H and O–H groups in total. The lowest BCUT2D eigenvalue weighted by molar-refractivity contribution is -0.121. The van der Waals surface area contributed by atoms with E-state index in [9.17, 15) is 4.79 Å². The van der Waals surface area contributed by atoms with Gasteiger partial charge in [0.1, 0.15) is 0 Å². The van der Waals surface area contributed by atoms with Crippen LogP contribution in [0.1, 0.15) is 28.9 Å². The second-order valence-electron chi connectivity index (χ2n) is 5.29. The number of rotatable bonds is 7.